The maximum Gasteiger partial charge on any atom is 0.257 e. The van der Waals surface area contributed by atoms with E-state index in [0.29, 0.717) is 17.8 Å². The van der Waals surface area contributed by atoms with E-state index in [1.54, 1.807) is 12.1 Å². The van der Waals surface area contributed by atoms with Gasteiger partial charge in [-0.3, -0.25) is 9.59 Å². The van der Waals surface area contributed by atoms with Gasteiger partial charge in [0.15, 0.2) is 5.78 Å². The number of halogens is 3. The molecule has 1 amide bonds. The van der Waals surface area contributed by atoms with E-state index >= 15 is 0 Å². The Bertz CT molecular complexity index is 1430. The van der Waals surface area contributed by atoms with Crippen molar-refractivity contribution in [2.75, 3.05) is 10.6 Å². The Morgan fingerprint density at radius 2 is 1.76 bits per heavy atom. The number of aromatic nitrogens is 1. The molecule has 170 valence electrons. The topological polar surface area (TPSA) is 63.1 Å². The molecule has 1 atom stereocenters. The molecular weight excluding hydrogens is 476 g/mol. The van der Waals surface area contributed by atoms with E-state index < -0.39 is 17.8 Å². The Hall–Kier alpha value is -3.61. The number of fused-ring (bicyclic) bond motifs is 2. The summed E-state index contributed by atoms with van der Waals surface area (Å²) in [5.74, 6) is -1.36. The molecule has 2 N–H and O–H groups in total. The third-order valence-corrected chi connectivity index (χ3v) is 6.39. The molecule has 5 rings (SSSR count). The van der Waals surface area contributed by atoms with Crippen LogP contribution in [0.3, 0.4) is 0 Å². The second-order valence-electron chi connectivity index (χ2n) is 7.93. The number of anilines is 2. The van der Waals surface area contributed by atoms with Gasteiger partial charge in [0.2, 0.25) is 0 Å². The Labute approximate surface area is 205 Å². The fraction of sp³-hybridized carbons (Fsp3) is 0.0769. The van der Waals surface area contributed by atoms with Gasteiger partial charge in [-0.15, -0.1) is 0 Å². The third-order valence-electron chi connectivity index (χ3n) is 5.75. The van der Waals surface area contributed by atoms with Gasteiger partial charge in [-0.2, -0.15) is 0 Å². The third kappa shape index (κ3) is 4.18. The lowest BCUT2D eigenvalue weighted by molar-refractivity contribution is 0.0966. The Morgan fingerprint density at radius 1 is 0.941 bits per heavy atom. The number of ketones is 1. The number of carbonyl (C=O) groups excluding carboxylic acids is 2. The number of nitrogens with one attached hydrogen (secondary N) is 2. The van der Waals surface area contributed by atoms with Crippen molar-refractivity contribution in [3.8, 4) is 0 Å². The number of hydrogen-bond donors (Lipinski definition) is 2. The molecule has 0 aliphatic carbocycles. The molecular formula is C26H18Cl2FN3O2. The number of benzene rings is 3. The minimum absolute atomic E-state index is 0.0000231. The van der Waals surface area contributed by atoms with E-state index in [-0.39, 0.29) is 21.4 Å². The molecule has 3 aromatic carbocycles. The van der Waals surface area contributed by atoms with E-state index in [4.69, 9.17) is 23.2 Å². The van der Waals surface area contributed by atoms with Crippen LogP contribution in [0.25, 0.3) is 0 Å². The Balaban J connectivity index is 1.42. The van der Waals surface area contributed by atoms with Gasteiger partial charge in [0.25, 0.3) is 5.91 Å². The zero-order valence-electron chi connectivity index (χ0n) is 17.7. The second-order valence-corrected chi connectivity index (χ2v) is 8.75. The van der Waals surface area contributed by atoms with Crippen molar-refractivity contribution >= 4 is 46.3 Å². The molecule has 5 nitrogen and oxygen atoms in total. The smallest absolute Gasteiger partial charge is 0.257 e. The fourth-order valence-electron chi connectivity index (χ4n) is 4.06. The van der Waals surface area contributed by atoms with Crippen LogP contribution in [0.4, 0.5) is 15.8 Å². The molecule has 4 aromatic rings. The summed E-state index contributed by atoms with van der Waals surface area (Å²) in [6, 6.07) is 19.2. The minimum atomic E-state index is -0.636. The molecule has 1 aliphatic heterocycles. The summed E-state index contributed by atoms with van der Waals surface area (Å²) in [5, 5.41) is 6.31. The molecule has 0 saturated heterocycles. The van der Waals surface area contributed by atoms with Crippen LogP contribution in [-0.2, 0) is 6.54 Å². The maximum atomic E-state index is 13.6. The van der Waals surface area contributed by atoms with Crippen LogP contribution in [0.5, 0.6) is 0 Å². The summed E-state index contributed by atoms with van der Waals surface area (Å²) in [4.78, 5) is 26.1. The van der Waals surface area contributed by atoms with E-state index in [1.165, 1.54) is 18.2 Å². The van der Waals surface area contributed by atoms with E-state index in [9.17, 15) is 14.0 Å². The van der Waals surface area contributed by atoms with E-state index in [2.05, 4.69) is 10.6 Å². The lowest BCUT2D eigenvalue weighted by atomic mass is 10.0. The predicted molar refractivity (Wildman–Crippen MR) is 131 cm³/mol. The SMILES string of the molecule is O=C(Nc1ccc(C(=O)C2Nc3ccccc3Cn3cccc32)c(Cl)c1)c1cc(F)ccc1Cl. The summed E-state index contributed by atoms with van der Waals surface area (Å²) in [5.41, 5.74) is 3.46. The highest BCUT2D eigenvalue weighted by Crippen LogP contribution is 2.33. The van der Waals surface area contributed by atoms with Crippen LogP contribution in [0.15, 0.2) is 79.0 Å². The molecule has 0 radical (unpaired) electrons. The average molecular weight is 494 g/mol. The predicted octanol–water partition coefficient (Wildman–Crippen LogP) is 6.58. The molecule has 34 heavy (non-hydrogen) atoms. The van der Waals surface area contributed by atoms with Crippen LogP contribution in [0, 0.1) is 5.82 Å². The van der Waals surface area contributed by atoms with Gasteiger partial charge in [0.1, 0.15) is 11.9 Å². The number of nitrogens with zero attached hydrogens (tertiary/aromatic N) is 1. The first kappa shape index (κ1) is 22.2. The van der Waals surface area contributed by atoms with Crippen LogP contribution in [0.1, 0.15) is 38.0 Å². The number of carbonyl (C=O) groups is 2. The van der Waals surface area contributed by atoms with Gasteiger partial charge >= 0.3 is 0 Å². The second kappa shape index (κ2) is 8.97. The number of hydrogen-bond acceptors (Lipinski definition) is 3. The van der Waals surface area contributed by atoms with E-state index in [0.717, 1.165) is 23.0 Å². The van der Waals surface area contributed by atoms with Crippen molar-refractivity contribution in [2.45, 2.75) is 12.6 Å². The molecule has 0 saturated carbocycles. The molecule has 1 aromatic heterocycles. The monoisotopic (exact) mass is 493 g/mol. The highest BCUT2D eigenvalue weighted by molar-refractivity contribution is 6.35. The van der Waals surface area contributed by atoms with Gasteiger partial charge < -0.3 is 15.2 Å². The highest BCUT2D eigenvalue weighted by Gasteiger charge is 2.29. The van der Waals surface area contributed by atoms with Crippen molar-refractivity contribution in [3.63, 3.8) is 0 Å². The number of para-hydroxylation sites is 1. The van der Waals surface area contributed by atoms with Crippen molar-refractivity contribution < 1.29 is 14.0 Å². The van der Waals surface area contributed by atoms with Crippen LogP contribution in [-0.4, -0.2) is 16.3 Å². The molecule has 0 spiro atoms. The van der Waals surface area contributed by atoms with Crippen molar-refractivity contribution in [3.05, 3.63) is 117 Å². The number of rotatable bonds is 4. The number of amides is 1. The van der Waals surface area contributed by atoms with E-state index in [1.807, 2.05) is 47.2 Å². The maximum absolute atomic E-state index is 13.6. The molecule has 1 aliphatic rings. The van der Waals surface area contributed by atoms with Gasteiger partial charge in [0.05, 0.1) is 15.6 Å². The first-order valence-electron chi connectivity index (χ1n) is 10.5. The lowest BCUT2D eigenvalue weighted by Gasteiger charge is -2.19. The van der Waals surface area contributed by atoms with Gasteiger partial charge in [-0.1, -0.05) is 41.4 Å². The molecule has 1 unspecified atom stereocenters. The van der Waals surface area contributed by atoms with Gasteiger partial charge in [0, 0.05) is 35.4 Å². The summed E-state index contributed by atoms with van der Waals surface area (Å²) in [7, 11) is 0. The molecule has 0 fully saturated rings. The zero-order chi connectivity index (χ0) is 23.8. The van der Waals surface area contributed by atoms with Crippen molar-refractivity contribution in [1.29, 1.82) is 0 Å². The zero-order valence-corrected chi connectivity index (χ0v) is 19.2. The minimum Gasteiger partial charge on any atom is -0.370 e. The first-order valence-corrected chi connectivity index (χ1v) is 11.3. The normalized spacial score (nSPS) is 14.4. The molecule has 0 bridgehead atoms. The van der Waals surface area contributed by atoms with Crippen LogP contribution >= 0.6 is 23.2 Å². The summed E-state index contributed by atoms with van der Waals surface area (Å²) < 4.78 is 15.6. The highest BCUT2D eigenvalue weighted by atomic mass is 35.5. The van der Waals surface area contributed by atoms with Crippen molar-refractivity contribution in [2.24, 2.45) is 0 Å². The van der Waals surface area contributed by atoms with Crippen LogP contribution < -0.4 is 10.6 Å². The Kier molecular flexibility index (Phi) is 5.86. The lowest BCUT2D eigenvalue weighted by Crippen LogP contribution is -2.22. The first-order chi connectivity index (χ1) is 16.4. The Morgan fingerprint density at radius 3 is 2.59 bits per heavy atom. The summed E-state index contributed by atoms with van der Waals surface area (Å²) in [6.45, 7) is 0.649. The molecule has 2 heterocycles. The van der Waals surface area contributed by atoms with Gasteiger partial charge in [-0.05, 0) is 60.2 Å². The quantitative estimate of drug-likeness (QED) is 0.315. The van der Waals surface area contributed by atoms with Crippen LogP contribution in [0.2, 0.25) is 10.0 Å². The van der Waals surface area contributed by atoms with Crippen molar-refractivity contribution in [1.82, 2.24) is 4.57 Å². The average Bonchev–Trinajstić information content (AvgIpc) is 3.21. The largest absolute Gasteiger partial charge is 0.370 e. The standard InChI is InChI=1S/C26H18Cl2FN3O2/c27-20-10-7-16(29)12-19(20)26(34)30-17-8-9-18(21(28)13-17)25(33)24-23-6-3-11-32(23)14-15-4-1-2-5-22(15)31-24/h1-13,24,31H,14H2,(H,30,34). The molecule has 8 heteroatoms. The van der Waals surface area contributed by atoms with Gasteiger partial charge in [-0.25, -0.2) is 4.39 Å². The number of Topliss-reactive ketones (excluding diaryl/α,β-unsaturated/α-hetero) is 1. The fourth-order valence-corrected chi connectivity index (χ4v) is 4.54. The summed E-state index contributed by atoms with van der Waals surface area (Å²) in [6.07, 6.45) is 1.94. The summed E-state index contributed by atoms with van der Waals surface area (Å²) >= 11 is 12.5.